The fraction of sp³-hybridized carbons (Fsp3) is 0.286. The normalized spacial score (nSPS) is 16.5. The van der Waals surface area contributed by atoms with Crippen molar-refractivity contribution in [3.63, 3.8) is 0 Å². The molecule has 0 aliphatic carbocycles. The zero-order valence-corrected chi connectivity index (χ0v) is 23.7. The molecule has 2 aromatic heterocycles. The summed E-state index contributed by atoms with van der Waals surface area (Å²) in [7, 11) is -1.87. The van der Waals surface area contributed by atoms with Crippen molar-refractivity contribution in [2.75, 3.05) is 6.17 Å². The van der Waals surface area contributed by atoms with E-state index in [2.05, 4.69) is 28.6 Å². The summed E-state index contributed by atoms with van der Waals surface area (Å²) in [5.41, 5.74) is 3.37. The number of carbonyl (C=O) groups is 3. The predicted molar refractivity (Wildman–Crippen MR) is 151 cm³/mol. The van der Waals surface area contributed by atoms with Gasteiger partial charge in [-0.1, -0.05) is 42.9 Å². The van der Waals surface area contributed by atoms with Crippen LogP contribution in [0.25, 0.3) is 22.0 Å². The van der Waals surface area contributed by atoms with Gasteiger partial charge >= 0.3 is 0 Å². The monoisotopic (exact) mass is 565 g/mol. The number of rotatable bonds is 7. The van der Waals surface area contributed by atoms with Gasteiger partial charge in [0.25, 0.3) is 0 Å². The van der Waals surface area contributed by atoms with Crippen molar-refractivity contribution in [3.05, 3.63) is 77.0 Å². The van der Waals surface area contributed by atoms with E-state index in [9.17, 15) is 18.8 Å². The first-order valence-electron chi connectivity index (χ1n) is 12.7. The lowest BCUT2D eigenvalue weighted by atomic mass is 10.0. The molecule has 202 valence electrons. The Balaban J connectivity index is 1.38. The molecule has 3 heterocycles. The highest BCUT2D eigenvalue weighted by molar-refractivity contribution is 6.79. The number of aromatic nitrogens is 3. The van der Waals surface area contributed by atoms with Gasteiger partial charge in [-0.25, -0.2) is 4.39 Å². The van der Waals surface area contributed by atoms with Gasteiger partial charge in [0.05, 0.1) is 19.3 Å². The van der Waals surface area contributed by atoms with Gasteiger partial charge in [-0.15, -0.1) is 0 Å². The van der Waals surface area contributed by atoms with E-state index in [1.807, 2.05) is 18.2 Å². The number of fused-ring (bicyclic) bond motifs is 1. The summed E-state index contributed by atoms with van der Waals surface area (Å²) in [6, 6.07) is 10.4. The lowest BCUT2D eigenvalue weighted by molar-refractivity contribution is -0.138. The fourth-order valence-electron chi connectivity index (χ4n) is 5.28. The summed E-state index contributed by atoms with van der Waals surface area (Å²) in [6.07, 6.45) is 5.73. The number of aromatic amines is 1. The number of ketones is 1. The summed E-state index contributed by atoms with van der Waals surface area (Å²) in [6.45, 7) is 5.77. The molecule has 1 aliphatic heterocycles. The van der Waals surface area contributed by atoms with Crippen molar-refractivity contribution in [1.82, 2.24) is 25.0 Å². The summed E-state index contributed by atoms with van der Waals surface area (Å²) in [5.74, 6) is -1.18. The van der Waals surface area contributed by atoms with E-state index in [0.29, 0.717) is 17.8 Å². The molecule has 1 fully saturated rings. The first-order valence-corrected chi connectivity index (χ1v) is 16.5. The molecular formula is C28H29ClFN5O3Si. The van der Waals surface area contributed by atoms with Crippen LogP contribution in [-0.2, 0) is 22.7 Å². The van der Waals surface area contributed by atoms with Crippen LogP contribution in [0.4, 0.5) is 4.39 Å². The Morgan fingerprint density at radius 2 is 2.00 bits per heavy atom. The minimum atomic E-state index is -1.87. The number of nitrogens with zero attached hydrogens (tertiary/aromatic N) is 3. The van der Waals surface area contributed by atoms with Crippen molar-refractivity contribution in [1.29, 1.82) is 0 Å². The SMILES string of the molecule is CC(=O)c1cn(CC(=O)N2C[Si](C)(C)C[C@H]2C(=O)NCc2cccc(Cl)c2F)c2ccc(-c3cn[nH]c3)cc12. The smallest absolute Gasteiger partial charge is 0.242 e. The highest BCUT2D eigenvalue weighted by atomic mass is 35.5. The third-order valence-electron chi connectivity index (χ3n) is 7.23. The second-order valence-electron chi connectivity index (χ2n) is 10.8. The first kappa shape index (κ1) is 26.8. The minimum absolute atomic E-state index is 0.00581. The van der Waals surface area contributed by atoms with Crippen molar-refractivity contribution >= 4 is 48.2 Å². The first-order chi connectivity index (χ1) is 18.5. The molecule has 2 N–H and O–H groups in total. The van der Waals surface area contributed by atoms with Crippen LogP contribution in [0.2, 0.25) is 24.2 Å². The Kier molecular flexibility index (Phi) is 7.17. The maximum Gasteiger partial charge on any atom is 0.242 e. The largest absolute Gasteiger partial charge is 0.350 e. The van der Waals surface area contributed by atoms with Gasteiger partial charge in [0.2, 0.25) is 11.8 Å². The molecule has 1 aliphatic rings. The lowest BCUT2D eigenvalue weighted by Gasteiger charge is -2.25. The molecule has 1 atom stereocenters. The predicted octanol–water partition coefficient (Wildman–Crippen LogP) is 4.80. The van der Waals surface area contributed by atoms with E-state index < -0.39 is 19.9 Å². The number of benzene rings is 2. The van der Waals surface area contributed by atoms with Crippen molar-refractivity contribution in [2.24, 2.45) is 0 Å². The maximum absolute atomic E-state index is 14.3. The van der Waals surface area contributed by atoms with Crippen molar-refractivity contribution in [2.45, 2.75) is 45.2 Å². The molecule has 0 radical (unpaired) electrons. The third kappa shape index (κ3) is 5.39. The number of carbonyl (C=O) groups excluding carboxylic acids is 3. The standard InChI is InChI=1S/C28H29ClFN5O3Si/c1-17(36)22-13-34(24-8-7-18(9-21(22)24)20-11-32-33-12-20)14-26(37)35-16-39(2,3)15-25(35)28(38)31-10-19-5-4-6-23(29)27(19)30/h4-9,11-13,25H,10,14-16H2,1-3H3,(H,31,38)(H,32,33)/t25-/m0/s1. The van der Waals surface area contributed by atoms with E-state index in [1.165, 1.54) is 13.0 Å². The highest BCUT2D eigenvalue weighted by Gasteiger charge is 2.44. The average molecular weight is 566 g/mol. The molecular weight excluding hydrogens is 537 g/mol. The zero-order valence-electron chi connectivity index (χ0n) is 21.9. The van der Waals surface area contributed by atoms with Gasteiger partial charge in [0, 0.05) is 52.7 Å². The minimum Gasteiger partial charge on any atom is -0.350 e. The van der Waals surface area contributed by atoms with E-state index in [1.54, 1.807) is 40.2 Å². The number of Topliss-reactive ketones (excluding diaryl/α,β-unsaturated/α-hetero) is 1. The Labute approximate surface area is 231 Å². The van der Waals surface area contributed by atoms with Crippen LogP contribution in [0, 0.1) is 5.82 Å². The molecule has 5 rings (SSSR count). The summed E-state index contributed by atoms with van der Waals surface area (Å²) >= 11 is 5.87. The number of H-pyrrole nitrogens is 1. The summed E-state index contributed by atoms with van der Waals surface area (Å²) < 4.78 is 16.1. The number of hydrogen-bond acceptors (Lipinski definition) is 4. The van der Waals surface area contributed by atoms with E-state index in [0.717, 1.165) is 22.0 Å². The van der Waals surface area contributed by atoms with Crippen LogP contribution in [0.5, 0.6) is 0 Å². The molecule has 0 spiro atoms. The maximum atomic E-state index is 14.3. The molecule has 0 unspecified atom stereocenters. The van der Waals surface area contributed by atoms with Crippen LogP contribution < -0.4 is 5.32 Å². The molecule has 39 heavy (non-hydrogen) atoms. The Bertz CT molecular complexity index is 1580. The number of nitrogens with one attached hydrogen (secondary N) is 2. The van der Waals surface area contributed by atoms with Gasteiger partial charge in [0.15, 0.2) is 5.78 Å². The van der Waals surface area contributed by atoms with E-state index in [4.69, 9.17) is 11.6 Å². The molecule has 2 aromatic carbocycles. The Morgan fingerprint density at radius 1 is 1.21 bits per heavy atom. The highest BCUT2D eigenvalue weighted by Crippen LogP contribution is 2.30. The third-order valence-corrected chi connectivity index (χ3v) is 10.2. The van der Waals surface area contributed by atoms with E-state index in [-0.39, 0.29) is 41.3 Å². The molecule has 11 heteroatoms. The van der Waals surface area contributed by atoms with Gasteiger partial charge < -0.3 is 14.8 Å². The van der Waals surface area contributed by atoms with Crippen LogP contribution in [0.3, 0.4) is 0 Å². The van der Waals surface area contributed by atoms with Crippen molar-refractivity contribution < 1.29 is 18.8 Å². The molecule has 8 nitrogen and oxygen atoms in total. The summed E-state index contributed by atoms with van der Waals surface area (Å²) in [5, 5.41) is 10.3. The molecule has 2 amide bonds. The van der Waals surface area contributed by atoms with Gasteiger partial charge in [-0.05, 0) is 36.7 Å². The topological polar surface area (TPSA) is 100 Å². The summed E-state index contributed by atoms with van der Waals surface area (Å²) in [4.78, 5) is 41.0. The molecule has 4 aromatic rings. The molecule has 1 saturated heterocycles. The average Bonchev–Trinajstić information content (AvgIpc) is 3.62. The van der Waals surface area contributed by atoms with Gasteiger partial charge in [0.1, 0.15) is 18.4 Å². The van der Waals surface area contributed by atoms with Crippen LogP contribution in [0.15, 0.2) is 55.0 Å². The second kappa shape index (κ2) is 10.4. The zero-order chi connectivity index (χ0) is 27.9. The molecule has 0 bridgehead atoms. The number of hydrogen-bond donors (Lipinski definition) is 2. The van der Waals surface area contributed by atoms with Crippen LogP contribution >= 0.6 is 11.6 Å². The number of halogens is 2. The fourth-order valence-corrected chi connectivity index (χ4v) is 8.38. The number of amides is 2. The van der Waals surface area contributed by atoms with Gasteiger partial charge in [-0.2, -0.15) is 5.10 Å². The Hall–Kier alpha value is -3.76. The lowest BCUT2D eigenvalue weighted by Crippen LogP contribution is -2.46. The van der Waals surface area contributed by atoms with Crippen molar-refractivity contribution in [3.8, 4) is 11.1 Å². The van der Waals surface area contributed by atoms with Crippen LogP contribution in [0.1, 0.15) is 22.8 Å². The Morgan fingerprint density at radius 3 is 2.72 bits per heavy atom. The quantitative estimate of drug-likeness (QED) is 0.248. The van der Waals surface area contributed by atoms with Gasteiger partial charge in [-0.3, -0.25) is 19.5 Å². The van der Waals surface area contributed by atoms with Crippen LogP contribution in [-0.4, -0.2) is 57.5 Å². The van der Waals surface area contributed by atoms with E-state index >= 15 is 0 Å². The molecule has 0 saturated carbocycles. The second-order valence-corrected chi connectivity index (χ2v) is 16.2.